The van der Waals surface area contributed by atoms with E-state index in [1.165, 1.54) is 0 Å². The maximum atomic E-state index is 12.3. The van der Waals surface area contributed by atoms with E-state index in [1.807, 2.05) is 61.5 Å². The van der Waals surface area contributed by atoms with Gasteiger partial charge in [0.05, 0.1) is 5.41 Å². The lowest BCUT2D eigenvalue weighted by atomic mass is 9.96. The highest BCUT2D eigenvalue weighted by Gasteiger charge is 2.52. The van der Waals surface area contributed by atoms with Crippen molar-refractivity contribution in [3.63, 3.8) is 0 Å². The number of rotatable bonds is 5. The molecular formula is C19H19NO3. The van der Waals surface area contributed by atoms with E-state index in [2.05, 4.69) is 5.32 Å². The summed E-state index contributed by atoms with van der Waals surface area (Å²) < 4.78 is 5.25. The quantitative estimate of drug-likeness (QED) is 0.863. The monoisotopic (exact) mass is 309 g/mol. The van der Waals surface area contributed by atoms with Crippen LogP contribution in [-0.2, 0) is 19.7 Å². The molecule has 3 rings (SSSR count). The van der Waals surface area contributed by atoms with Gasteiger partial charge in [-0.25, -0.2) is 0 Å². The second-order valence-electron chi connectivity index (χ2n) is 5.89. The lowest BCUT2D eigenvalue weighted by Crippen LogP contribution is -2.28. The van der Waals surface area contributed by atoms with E-state index in [0.717, 1.165) is 29.7 Å². The molecule has 1 saturated carbocycles. The van der Waals surface area contributed by atoms with Gasteiger partial charge in [-0.1, -0.05) is 48.5 Å². The van der Waals surface area contributed by atoms with Crippen LogP contribution in [-0.4, -0.2) is 18.5 Å². The van der Waals surface area contributed by atoms with E-state index >= 15 is 0 Å². The van der Waals surface area contributed by atoms with Crippen molar-refractivity contribution in [2.45, 2.75) is 25.2 Å². The number of carbonyl (C=O) groups is 2. The van der Waals surface area contributed by atoms with Gasteiger partial charge in [0, 0.05) is 5.69 Å². The number of benzene rings is 2. The number of esters is 1. The van der Waals surface area contributed by atoms with E-state index in [0.29, 0.717) is 0 Å². The Morgan fingerprint density at radius 2 is 1.70 bits per heavy atom. The standard InChI is InChI=1S/C19H19NO3/c1-14-7-5-6-10-16(14)20-17(21)13-23-18(22)19(11-12-19)15-8-3-2-4-9-15/h2-10H,11-13H2,1H3,(H,20,21). The Bertz CT molecular complexity index is 720. The van der Waals surface area contributed by atoms with Gasteiger partial charge in [-0.3, -0.25) is 9.59 Å². The third-order valence-corrected chi connectivity index (χ3v) is 4.22. The number of aryl methyl sites for hydroxylation is 1. The molecule has 1 aliphatic rings. The summed E-state index contributed by atoms with van der Waals surface area (Å²) in [6.07, 6.45) is 1.55. The van der Waals surface area contributed by atoms with Gasteiger partial charge in [0.2, 0.25) is 0 Å². The zero-order chi connectivity index (χ0) is 16.3. The van der Waals surface area contributed by atoms with Crippen molar-refractivity contribution < 1.29 is 14.3 Å². The predicted octanol–water partition coefficient (Wildman–Crippen LogP) is 3.21. The van der Waals surface area contributed by atoms with Crippen LogP contribution in [0.4, 0.5) is 5.69 Å². The molecule has 2 aromatic rings. The molecule has 0 spiro atoms. The second kappa shape index (κ2) is 6.24. The Kier molecular flexibility index (Phi) is 4.15. The smallest absolute Gasteiger partial charge is 0.317 e. The molecule has 0 saturated heterocycles. The maximum Gasteiger partial charge on any atom is 0.317 e. The highest BCUT2D eigenvalue weighted by molar-refractivity contribution is 5.95. The van der Waals surface area contributed by atoms with Gasteiger partial charge in [-0.2, -0.15) is 0 Å². The first-order valence-electron chi connectivity index (χ1n) is 7.70. The fourth-order valence-electron chi connectivity index (χ4n) is 2.66. The van der Waals surface area contributed by atoms with Crippen LogP contribution in [0.3, 0.4) is 0 Å². The van der Waals surface area contributed by atoms with E-state index in [9.17, 15) is 9.59 Å². The van der Waals surface area contributed by atoms with Crippen molar-refractivity contribution in [3.05, 3.63) is 65.7 Å². The van der Waals surface area contributed by atoms with Crippen LogP contribution in [0.1, 0.15) is 24.0 Å². The molecule has 0 atom stereocenters. The molecule has 1 fully saturated rings. The molecule has 2 aromatic carbocycles. The first-order valence-corrected chi connectivity index (χ1v) is 7.70. The number of para-hydroxylation sites is 1. The molecule has 0 heterocycles. The Morgan fingerprint density at radius 3 is 2.35 bits per heavy atom. The molecule has 1 amide bonds. The lowest BCUT2D eigenvalue weighted by molar-refractivity contribution is -0.150. The van der Waals surface area contributed by atoms with Gasteiger partial charge in [-0.15, -0.1) is 0 Å². The number of amides is 1. The highest BCUT2D eigenvalue weighted by Crippen LogP contribution is 2.49. The minimum absolute atomic E-state index is 0.262. The van der Waals surface area contributed by atoms with Crippen LogP contribution < -0.4 is 5.32 Å². The molecule has 0 bridgehead atoms. The number of ether oxygens (including phenoxy) is 1. The van der Waals surface area contributed by atoms with Crippen molar-refractivity contribution in [1.29, 1.82) is 0 Å². The fourth-order valence-corrected chi connectivity index (χ4v) is 2.66. The third-order valence-electron chi connectivity index (χ3n) is 4.22. The Morgan fingerprint density at radius 1 is 1.04 bits per heavy atom. The van der Waals surface area contributed by atoms with Crippen LogP contribution >= 0.6 is 0 Å². The summed E-state index contributed by atoms with van der Waals surface area (Å²) in [4.78, 5) is 24.3. The SMILES string of the molecule is Cc1ccccc1NC(=O)COC(=O)C1(c2ccccc2)CC1. The third kappa shape index (κ3) is 3.26. The molecule has 0 aromatic heterocycles. The van der Waals surface area contributed by atoms with Gasteiger partial charge in [-0.05, 0) is 37.0 Å². The molecule has 0 aliphatic heterocycles. The summed E-state index contributed by atoms with van der Waals surface area (Å²) in [5, 5.41) is 2.76. The van der Waals surface area contributed by atoms with Crippen LogP contribution in [0.2, 0.25) is 0 Å². The maximum absolute atomic E-state index is 12.3. The van der Waals surface area contributed by atoms with Gasteiger partial charge >= 0.3 is 5.97 Å². The second-order valence-corrected chi connectivity index (χ2v) is 5.89. The molecule has 0 unspecified atom stereocenters. The number of nitrogens with one attached hydrogen (secondary N) is 1. The molecule has 0 radical (unpaired) electrons. The van der Waals surface area contributed by atoms with Crippen molar-refractivity contribution in [1.82, 2.24) is 0 Å². The van der Waals surface area contributed by atoms with E-state index in [-0.39, 0.29) is 18.5 Å². The van der Waals surface area contributed by atoms with Gasteiger partial charge in [0.1, 0.15) is 0 Å². The summed E-state index contributed by atoms with van der Waals surface area (Å²) >= 11 is 0. The lowest BCUT2D eigenvalue weighted by Gasteiger charge is -2.15. The van der Waals surface area contributed by atoms with Gasteiger partial charge in [0.25, 0.3) is 5.91 Å². The summed E-state index contributed by atoms with van der Waals surface area (Å²) in [5.41, 5.74) is 2.11. The average molecular weight is 309 g/mol. The topological polar surface area (TPSA) is 55.4 Å². The van der Waals surface area contributed by atoms with Crippen LogP contribution in [0, 0.1) is 6.92 Å². The molecule has 4 heteroatoms. The minimum Gasteiger partial charge on any atom is -0.455 e. The summed E-state index contributed by atoms with van der Waals surface area (Å²) in [5.74, 6) is -0.639. The van der Waals surface area contributed by atoms with Gasteiger partial charge < -0.3 is 10.1 Å². The van der Waals surface area contributed by atoms with Crippen molar-refractivity contribution in [2.24, 2.45) is 0 Å². The first kappa shape index (κ1) is 15.3. The van der Waals surface area contributed by atoms with Crippen LogP contribution in [0.25, 0.3) is 0 Å². The number of carbonyl (C=O) groups excluding carboxylic acids is 2. The summed E-state index contributed by atoms with van der Waals surface area (Å²) in [7, 11) is 0. The Balaban J connectivity index is 1.57. The van der Waals surface area contributed by atoms with Crippen LogP contribution in [0.15, 0.2) is 54.6 Å². The number of anilines is 1. The molecular weight excluding hydrogens is 290 g/mol. The Labute approximate surface area is 135 Å². The summed E-state index contributed by atoms with van der Waals surface area (Å²) in [6, 6.07) is 17.1. The zero-order valence-electron chi connectivity index (χ0n) is 13.0. The van der Waals surface area contributed by atoms with Crippen molar-refractivity contribution >= 4 is 17.6 Å². The fraction of sp³-hybridized carbons (Fsp3) is 0.263. The summed E-state index contributed by atoms with van der Waals surface area (Å²) in [6.45, 7) is 1.65. The first-order chi connectivity index (χ1) is 11.1. The largest absolute Gasteiger partial charge is 0.455 e. The average Bonchev–Trinajstić information content (AvgIpc) is 3.37. The van der Waals surface area contributed by atoms with Crippen molar-refractivity contribution in [3.8, 4) is 0 Å². The predicted molar refractivity (Wildman–Crippen MR) is 88.1 cm³/mol. The van der Waals surface area contributed by atoms with Crippen LogP contribution in [0.5, 0.6) is 0 Å². The molecule has 1 N–H and O–H groups in total. The van der Waals surface area contributed by atoms with E-state index < -0.39 is 5.41 Å². The normalized spacial score (nSPS) is 14.8. The highest BCUT2D eigenvalue weighted by atomic mass is 16.5. The molecule has 1 aliphatic carbocycles. The zero-order valence-corrected chi connectivity index (χ0v) is 13.0. The van der Waals surface area contributed by atoms with Gasteiger partial charge in [0.15, 0.2) is 6.61 Å². The Hall–Kier alpha value is -2.62. The molecule has 23 heavy (non-hydrogen) atoms. The minimum atomic E-state index is -0.551. The number of hydrogen-bond donors (Lipinski definition) is 1. The number of hydrogen-bond acceptors (Lipinski definition) is 3. The molecule has 4 nitrogen and oxygen atoms in total. The van der Waals surface area contributed by atoms with E-state index in [4.69, 9.17) is 4.74 Å². The van der Waals surface area contributed by atoms with E-state index in [1.54, 1.807) is 0 Å². The molecule has 118 valence electrons. The van der Waals surface area contributed by atoms with Crippen molar-refractivity contribution in [2.75, 3.05) is 11.9 Å².